The number of hydrogen-bond donors (Lipinski definition) is 0. The lowest BCUT2D eigenvalue weighted by atomic mass is 10.0. The van der Waals surface area contributed by atoms with Crippen LogP contribution in [-0.2, 0) is 17.7 Å². The van der Waals surface area contributed by atoms with Gasteiger partial charge >= 0.3 is 11.6 Å². The molecule has 3 aromatic rings. The summed E-state index contributed by atoms with van der Waals surface area (Å²) in [4.78, 5) is 26.6. The van der Waals surface area contributed by atoms with E-state index in [9.17, 15) is 9.59 Å². The van der Waals surface area contributed by atoms with Gasteiger partial charge in [0.25, 0.3) is 0 Å². The van der Waals surface area contributed by atoms with Gasteiger partial charge in [0.1, 0.15) is 11.3 Å². The van der Waals surface area contributed by atoms with Gasteiger partial charge in [-0.15, -0.1) is 0 Å². The fourth-order valence-corrected chi connectivity index (χ4v) is 4.19. The fourth-order valence-electron chi connectivity index (χ4n) is 3.91. The van der Waals surface area contributed by atoms with Gasteiger partial charge in [-0.2, -0.15) is 0 Å². The summed E-state index contributed by atoms with van der Waals surface area (Å²) < 4.78 is 16.8. The fraction of sp³-hybridized carbons (Fsp3) is 0.333. The van der Waals surface area contributed by atoms with Gasteiger partial charge in [-0.1, -0.05) is 37.1 Å². The molecule has 0 saturated heterocycles. The van der Waals surface area contributed by atoms with Crippen LogP contribution in [-0.4, -0.2) is 19.3 Å². The molecule has 0 spiro atoms. The van der Waals surface area contributed by atoms with Crippen molar-refractivity contribution in [2.24, 2.45) is 0 Å². The summed E-state index contributed by atoms with van der Waals surface area (Å²) in [5.74, 6) is 0.114. The normalized spacial score (nSPS) is 13.1. The molecule has 1 aliphatic rings. The molecule has 1 aromatic heterocycles. The Balaban J connectivity index is 1.81. The predicted molar refractivity (Wildman–Crippen MR) is 120 cm³/mol. The van der Waals surface area contributed by atoms with E-state index >= 15 is 0 Å². The van der Waals surface area contributed by atoms with Crippen molar-refractivity contribution in [1.29, 1.82) is 0 Å². The average Bonchev–Trinajstić information content (AvgIpc) is 2.78. The van der Waals surface area contributed by atoms with E-state index in [2.05, 4.69) is 6.92 Å². The van der Waals surface area contributed by atoms with Crippen LogP contribution in [0.4, 0.5) is 5.69 Å². The number of halogens is 1. The first-order chi connectivity index (χ1) is 15.0. The number of anilines is 1. The van der Waals surface area contributed by atoms with Gasteiger partial charge in [-0.25, -0.2) is 9.59 Å². The van der Waals surface area contributed by atoms with Gasteiger partial charge < -0.3 is 18.8 Å². The molecule has 7 heteroatoms. The molecule has 2 aromatic carbocycles. The third kappa shape index (κ3) is 4.12. The number of rotatable bonds is 6. The summed E-state index contributed by atoms with van der Waals surface area (Å²) in [7, 11) is 0. The Kier molecular flexibility index (Phi) is 6.18. The third-order valence-electron chi connectivity index (χ3n) is 5.37. The van der Waals surface area contributed by atoms with Crippen molar-refractivity contribution >= 4 is 34.2 Å². The number of aryl methyl sites for hydroxylation is 1. The van der Waals surface area contributed by atoms with Crippen LogP contribution >= 0.6 is 11.6 Å². The van der Waals surface area contributed by atoms with E-state index in [0.29, 0.717) is 46.3 Å². The molecule has 0 bridgehead atoms. The van der Waals surface area contributed by atoms with Crippen molar-refractivity contribution in [3.8, 4) is 5.75 Å². The molecule has 1 aliphatic heterocycles. The first-order valence-corrected chi connectivity index (χ1v) is 10.8. The van der Waals surface area contributed by atoms with Gasteiger partial charge in [0, 0.05) is 11.5 Å². The zero-order valence-electron chi connectivity index (χ0n) is 17.6. The molecule has 162 valence electrons. The second-order valence-electron chi connectivity index (χ2n) is 7.45. The van der Waals surface area contributed by atoms with E-state index in [1.165, 1.54) is 6.07 Å². The average molecular weight is 442 g/mol. The molecule has 0 unspecified atom stereocenters. The van der Waals surface area contributed by atoms with Crippen LogP contribution in [0, 0.1) is 0 Å². The minimum Gasteiger partial charge on any atom is -0.471 e. The van der Waals surface area contributed by atoms with Gasteiger partial charge in [0.2, 0.25) is 0 Å². The highest BCUT2D eigenvalue weighted by Crippen LogP contribution is 2.41. The highest BCUT2D eigenvalue weighted by atomic mass is 35.5. The largest absolute Gasteiger partial charge is 0.471 e. The second-order valence-corrected chi connectivity index (χ2v) is 7.85. The van der Waals surface area contributed by atoms with Crippen molar-refractivity contribution in [3.05, 3.63) is 68.5 Å². The Hall–Kier alpha value is -2.99. The zero-order valence-corrected chi connectivity index (χ0v) is 18.3. The number of hydrogen-bond acceptors (Lipinski definition) is 6. The van der Waals surface area contributed by atoms with Crippen molar-refractivity contribution in [2.45, 2.75) is 39.7 Å². The number of fused-ring (bicyclic) bond motifs is 3. The molecule has 0 atom stereocenters. The Bertz CT molecular complexity index is 1190. The summed E-state index contributed by atoms with van der Waals surface area (Å²) in [5.41, 5.74) is 2.84. The molecule has 0 amide bonds. The molecule has 0 fully saturated rings. The molecule has 0 radical (unpaired) electrons. The van der Waals surface area contributed by atoms with Crippen LogP contribution in [0.5, 0.6) is 5.75 Å². The molecule has 2 heterocycles. The van der Waals surface area contributed by atoms with Crippen LogP contribution in [0.2, 0.25) is 5.02 Å². The van der Waals surface area contributed by atoms with Crippen molar-refractivity contribution in [3.63, 3.8) is 0 Å². The molecule has 6 nitrogen and oxygen atoms in total. The van der Waals surface area contributed by atoms with Crippen LogP contribution in [0.1, 0.15) is 48.2 Å². The standard InChI is InChI=1S/C24H24ClNO5/c1-3-5-8-15-11-21(27)31-22-17(15)12-19(25)23-18(22)13-26(14-30-23)20-10-7-6-9-16(20)24(28)29-4-2/h6-7,9-12H,3-5,8,13-14H2,1-2H3. The predicted octanol–water partition coefficient (Wildman–Crippen LogP) is 5.32. The molecular formula is C24H24ClNO5. The molecule has 0 N–H and O–H groups in total. The minimum absolute atomic E-state index is 0.203. The lowest BCUT2D eigenvalue weighted by Crippen LogP contribution is -2.33. The van der Waals surface area contributed by atoms with Crippen LogP contribution < -0.4 is 15.3 Å². The highest BCUT2D eigenvalue weighted by molar-refractivity contribution is 6.33. The van der Waals surface area contributed by atoms with Crippen LogP contribution in [0.15, 0.2) is 45.6 Å². The first-order valence-electron chi connectivity index (χ1n) is 10.5. The monoisotopic (exact) mass is 441 g/mol. The maximum atomic E-state index is 12.4. The topological polar surface area (TPSA) is 69.0 Å². The lowest BCUT2D eigenvalue weighted by Gasteiger charge is -2.32. The smallest absolute Gasteiger partial charge is 0.340 e. The van der Waals surface area contributed by atoms with Gasteiger partial charge in [0.05, 0.1) is 35.0 Å². The summed E-state index contributed by atoms with van der Waals surface area (Å²) in [6.07, 6.45) is 2.74. The quantitative estimate of drug-likeness (QED) is 0.381. The maximum absolute atomic E-state index is 12.4. The summed E-state index contributed by atoms with van der Waals surface area (Å²) >= 11 is 6.55. The Morgan fingerprint density at radius 2 is 2.03 bits per heavy atom. The second kappa shape index (κ2) is 9.02. The van der Waals surface area contributed by atoms with Crippen molar-refractivity contribution in [2.75, 3.05) is 18.2 Å². The molecule has 4 rings (SSSR count). The van der Waals surface area contributed by atoms with E-state index in [4.69, 9.17) is 25.5 Å². The number of ether oxygens (including phenoxy) is 2. The van der Waals surface area contributed by atoms with Crippen LogP contribution in [0.3, 0.4) is 0 Å². The van der Waals surface area contributed by atoms with Gasteiger partial charge in [-0.05, 0) is 43.5 Å². The summed E-state index contributed by atoms with van der Waals surface area (Å²) in [6, 6.07) is 10.6. The van der Waals surface area contributed by atoms with E-state index < -0.39 is 11.6 Å². The number of unbranched alkanes of at least 4 members (excludes halogenated alkanes) is 1. The van der Waals surface area contributed by atoms with E-state index in [1.54, 1.807) is 19.1 Å². The number of nitrogens with zero attached hydrogens (tertiary/aromatic N) is 1. The third-order valence-corrected chi connectivity index (χ3v) is 5.66. The molecular weight excluding hydrogens is 418 g/mol. The number of esters is 1. The molecule has 0 aliphatic carbocycles. The van der Waals surface area contributed by atoms with Gasteiger partial charge in [-0.3, -0.25) is 0 Å². The van der Waals surface area contributed by atoms with E-state index in [0.717, 1.165) is 30.2 Å². The molecule has 31 heavy (non-hydrogen) atoms. The Morgan fingerprint density at radius 1 is 1.23 bits per heavy atom. The van der Waals surface area contributed by atoms with E-state index in [-0.39, 0.29) is 6.73 Å². The van der Waals surface area contributed by atoms with Crippen LogP contribution in [0.25, 0.3) is 11.0 Å². The van der Waals surface area contributed by atoms with Crippen molar-refractivity contribution in [1.82, 2.24) is 0 Å². The summed E-state index contributed by atoms with van der Waals surface area (Å²) in [6.45, 7) is 4.75. The lowest BCUT2D eigenvalue weighted by molar-refractivity contribution is 0.0527. The number of para-hydroxylation sites is 1. The van der Waals surface area contributed by atoms with Gasteiger partial charge in [0.15, 0.2) is 6.73 Å². The maximum Gasteiger partial charge on any atom is 0.340 e. The number of benzene rings is 2. The Labute approximate surface area is 185 Å². The highest BCUT2D eigenvalue weighted by Gasteiger charge is 2.27. The Morgan fingerprint density at radius 3 is 2.81 bits per heavy atom. The number of carbonyl (C=O) groups is 1. The first kappa shape index (κ1) is 21.2. The van der Waals surface area contributed by atoms with E-state index in [1.807, 2.05) is 23.1 Å². The SMILES string of the molecule is CCCCc1cc(=O)oc2c3c(c(Cl)cc12)OCN(c1ccccc1C(=O)OCC)C3. The summed E-state index contributed by atoms with van der Waals surface area (Å²) in [5, 5.41) is 1.30. The molecule has 0 saturated carbocycles. The number of carbonyl (C=O) groups excluding carboxylic acids is 1. The van der Waals surface area contributed by atoms with Crippen molar-refractivity contribution < 1.29 is 18.7 Å². The minimum atomic E-state index is -0.396. The zero-order chi connectivity index (χ0) is 22.0.